The van der Waals surface area contributed by atoms with Crippen molar-refractivity contribution in [3.63, 3.8) is 0 Å². The molecule has 0 aromatic heterocycles. The number of carbonyl (C=O) groups is 1. The summed E-state index contributed by atoms with van der Waals surface area (Å²) in [4.78, 5) is 10.8. The molecule has 1 aromatic rings. The average Bonchev–Trinajstić information content (AvgIpc) is 2.27. The van der Waals surface area contributed by atoms with Crippen molar-refractivity contribution in [2.75, 3.05) is 5.73 Å². The molecule has 0 fully saturated rings. The van der Waals surface area contributed by atoms with Gasteiger partial charge in [0, 0.05) is 11.7 Å². The van der Waals surface area contributed by atoms with E-state index in [0.29, 0.717) is 0 Å². The first-order valence-electron chi connectivity index (χ1n) is 5.80. The van der Waals surface area contributed by atoms with E-state index in [9.17, 15) is 13.2 Å². The van der Waals surface area contributed by atoms with Gasteiger partial charge < -0.3 is 10.8 Å². The third kappa shape index (κ3) is 3.68. The summed E-state index contributed by atoms with van der Waals surface area (Å²) >= 11 is 0. The van der Waals surface area contributed by atoms with E-state index in [1.807, 2.05) is 13.8 Å². The second kappa shape index (κ2) is 5.58. The molecular weight excluding hydrogens is 268 g/mol. The monoisotopic (exact) mass is 286 g/mol. The highest BCUT2D eigenvalue weighted by atomic mass is 32.2. The van der Waals surface area contributed by atoms with E-state index >= 15 is 0 Å². The van der Waals surface area contributed by atoms with Crippen LogP contribution in [0, 0.1) is 5.92 Å². The Kier molecular flexibility index (Phi) is 4.54. The summed E-state index contributed by atoms with van der Waals surface area (Å²) in [6.45, 7) is 5.46. The van der Waals surface area contributed by atoms with Crippen molar-refractivity contribution in [3.8, 4) is 0 Å². The van der Waals surface area contributed by atoms with Crippen molar-refractivity contribution in [1.82, 2.24) is 4.72 Å². The number of nitrogens with one attached hydrogen (secondary N) is 1. The molecule has 1 unspecified atom stereocenters. The summed E-state index contributed by atoms with van der Waals surface area (Å²) in [5.41, 5.74) is 5.35. The number of anilines is 1. The van der Waals surface area contributed by atoms with E-state index in [1.165, 1.54) is 12.1 Å². The highest BCUT2D eigenvalue weighted by molar-refractivity contribution is 7.89. The van der Waals surface area contributed by atoms with Crippen LogP contribution in [0.2, 0.25) is 0 Å². The van der Waals surface area contributed by atoms with Crippen molar-refractivity contribution < 1.29 is 18.3 Å². The van der Waals surface area contributed by atoms with E-state index in [-0.39, 0.29) is 28.1 Å². The predicted octanol–water partition coefficient (Wildman–Crippen LogP) is 1.29. The number of hydrogen-bond donors (Lipinski definition) is 3. The topological polar surface area (TPSA) is 109 Å². The van der Waals surface area contributed by atoms with Gasteiger partial charge in [0.25, 0.3) is 0 Å². The lowest BCUT2D eigenvalue weighted by atomic mass is 10.1. The third-order valence-corrected chi connectivity index (χ3v) is 4.48. The van der Waals surface area contributed by atoms with Crippen molar-refractivity contribution in [1.29, 1.82) is 0 Å². The highest BCUT2D eigenvalue weighted by Crippen LogP contribution is 2.20. The van der Waals surface area contributed by atoms with Gasteiger partial charge >= 0.3 is 5.97 Å². The number of sulfonamides is 1. The van der Waals surface area contributed by atoms with E-state index < -0.39 is 16.0 Å². The molecule has 0 aliphatic carbocycles. The molecule has 1 rings (SSSR count). The minimum atomic E-state index is -3.88. The number of hydrogen-bond acceptors (Lipinski definition) is 4. The molecule has 0 radical (unpaired) electrons. The summed E-state index contributed by atoms with van der Waals surface area (Å²) in [5.74, 6) is -1.23. The Bertz CT molecular complexity index is 581. The molecule has 7 heteroatoms. The van der Waals surface area contributed by atoms with Crippen molar-refractivity contribution in [2.45, 2.75) is 31.7 Å². The molecule has 0 saturated heterocycles. The number of nitrogen functional groups attached to an aromatic ring is 1. The lowest BCUT2D eigenvalue weighted by Gasteiger charge is -2.18. The van der Waals surface area contributed by atoms with Gasteiger partial charge in [-0.05, 0) is 31.0 Å². The Hall–Kier alpha value is -1.60. The van der Waals surface area contributed by atoms with E-state index in [1.54, 1.807) is 6.92 Å². The number of rotatable bonds is 5. The van der Waals surface area contributed by atoms with E-state index in [0.717, 1.165) is 6.07 Å². The summed E-state index contributed by atoms with van der Waals surface area (Å²) in [5, 5.41) is 9.05. The second-order valence-corrected chi connectivity index (χ2v) is 6.40. The van der Waals surface area contributed by atoms with Gasteiger partial charge in [-0.25, -0.2) is 17.9 Å². The van der Waals surface area contributed by atoms with Crippen LogP contribution in [-0.4, -0.2) is 25.5 Å². The lowest BCUT2D eigenvalue weighted by Crippen LogP contribution is -2.36. The van der Waals surface area contributed by atoms with Crippen LogP contribution in [0.1, 0.15) is 31.1 Å². The Labute approximate surface area is 112 Å². The Balaban J connectivity index is 3.25. The summed E-state index contributed by atoms with van der Waals surface area (Å²) in [7, 11) is -3.88. The second-order valence-electron chi connectivity index (χ2n) is 4.71. The SMILES string of the molecule is CC(C)C(C)NS(=O)(=O)c1ccc(N)cc1C(=O)O. The molecule has 0 bridgehead atoms. The molecular formula is C12H18N2O4S. The van der Waals surface area contributed by atoms with Crippen molar-refractivity contribution >= 4 is 21.7 Å². The molecule has 1 aromatic carbocycles. The van der Waals surface area contributed by atoms with Gasteiger partial charge in [-0.1, -0.05) is 13.8 Å². The van der Waals surface area contributed by atoms with Crippen LogP contribution in [0.4, 0.5) is 5.69 Å². The quantitative estimate of drug-likeness (QED) is 0.706. The maximum Gasteiger partial charge on any atom is 0.337 e. The van der Waals surface area contributed by atoms with Gasteiger partial charge in [-0.15, -0.1) is 0 Å². The fraction of sp³-hybridized carbons (Fsp3) is 0.417. The number of nitrogens with two attached hydrogens (primary N) is 1. The van der Waals surface area contributed by atoms with Crippen molar-refractivity contribution in [3.05, 3.63) is 23.8 Å². The highest BCUT2D eigenvalue weighted by Gasteiger charge is 2.24. The molecule has 4 N–H and O–H groups in total. The number of aromatic carboxylic acids is 1. The standard InChI is InChI=1S/C12H18N2O4S/c1-7(2)8(3)14-19(17,18)11-5-4-9(13)6-10(11)12(15)16/h4-8,14H,13H2,1-3H3,(H,15,16). The smallest absolute Gasteiger partial charge is 0.337 e. The van der Waals surface area contributed by atoms with Crippen molar-refractivity contribution in [2.24, 2.45) is 5.92 Å². The number of carboxylic acids is 1. The minimum Gasteiger partial charge on any atom is -0.478 e. The largest absolute Gasteiger partial charge is 0.478 e. The van der Waals surface area contributed by atoms with Gasteiger partial charge in [0.15, 0.2) is 0 Å². The summed E-state index contributed by atoms with van der Waals surface area (Å²) < 4.78 is 26.8. The van der Waals surface area contributed by atoms with Gasteiger partial charge in [0.2, 0.25) is 10.0 Å². The molecule has 0 saturated carbocycles. The Morgan fingerprint density at radius 3 is 2.37 bits per heavy atom. The van der Waals surface area contributed by atoms with E-state index in [4.69, 9.17) is 10.8 Å². The van der Waals surface area contributed by atoms with Crippen LogP contribution in [-0.2, 0) is 10.0 Å². The molecule has 1 atom stereocenters. The molecule has 6 nitrogen and oxygen atoms in total. The summed E-state index contributed by atoms with van der Waals surface area (Å²) in [6.07, 6.45) is 0. The fourth-order valence-corrected chi connectivity index (χ4v) is 2.96. The first-order valence-corrected chi connectivity index (χ1v) is 7.28. The number of benzene rings is 1. The average molecular weight is 286 g/mol. The molecule has 19 heavy (non-hydrogen) atoms. The first-order chi connectivity index (χ1) is 8.65. The fourth-order valence-electron chi connectivity index (χ4n) is 1.39. The van der Waals surface area contributed by atoms with Crippen LogP contribution in [0.3, 0.4) is 0 Å². The Morgan fingerprint density at radius 1 is 1.32 bits per heavy atom. The van der Waals surface area contributed by atoms with Crippen LogP contribution < -0.4 is 10.5 Å². The third-order valence-electron chi connectivity index (χ3n) is 2.86. The maximum absolute atomic E-state index is 12.2. The lowest BCUT2D eigenvalue weighted by molar-refractivity contribution is 0.0692. The zero-order valence-electron chi connectivity index (χ0n) is 11.0. The maximum atomic E-state index is 12.2. The van der Waals surface area contributed by atoms with Crippen LogP contribution >= 0.6 is 0 Å². The predicted molar refractivity (Wildman–Crippen MR) is 72.4 cm³/mol. The van der Waals surface area contributed by atoms with Gasteiger partial charge in [0.1, 0.15) is 0 Å². The van der Waals surface area contributed by atoms with Crippen LogP contribution in [0.25, 0.3) is 0 Å². The first kappa shape index (κ1) is 15.5. The van der Waals surface area contributed by atoms with Gasteiger partial charge in [0.05, 0.1) is 10.5 Å². The van der Waals surface area contributed by atoms with E-state index in [2.05, 4.69) is 4.72 Å². The normalized spacial score (nSPS) is 13.5. The zero-order valence-corrected chi connectivity index (χ0v) is 11.9. The molecule has 0 spiro atoms. The molecule has 106 valence electrons. The molecule has 0 aliphatic heterocycles. The molecule has 0 amide bonds. The Morgan fingerprint density at radius 2 is 1.89 bits per heavy atom. The molecule has 0 aliphatic rings. The number of carboxylic acid groups (broad SMARTS) is 1. The van der Waals surface area contributed by atoms with Crippen LogP contribution in [0.5, 0.6) is 0 Å². The van der Waals surface area contributed by atoms with Crippen LogP contribution in [0.15, 0.2) is 23.1 Å². The minimum absolute atomic E-state index is 0.0943. The molecule has 0 heterocycles. The van der Waals surface area contributed by atoms with Gasteiger partial charge in [-0.2, -0.15) is 0 Å². The van der Waals surface area contributed by atoms with Gasteiger partial charge in [-0.3, -0.25) is 0 Å². The zero-order chi connectivity index (χ0) is 14.8. The summed E-state index contributed by atoms with van der Waals surface area (Å²) in [6, 6.07) is 3.40.